The van der Waals surface area contributed by atoms with E-state index >= 15 is 0 Å². The van der Waals surface area contributed by atoms with Gasteiger partial charge in [-0.15, -0.1) is 0 Å². The van der Waals surface area contributed by atoms with Gasteiger partial charge in [0, 0.05) is 6.04 Å². The van der Waals surface area contributed by atoms with Crippen LogP contribution in [0.25, 0.3) is 10.8 Å². The highest BCUT2D eigenvalue weighted by Crippen LogP contribution is 2.32. The lowest BCUT2D eigenvalue weighted by Crippen LogP contribution is -2.51. The van der Waals surface area contributed by atoms with E-state index in [2.05, 4.69) is 31.2 Å². The van der Waals surface area contributed by atoms with Crippen LogP contribution in [0, 0.1) is 0 Å². The van der Waals surface area contributed by atoms with Crippen molar-refractivity contribution in [2.45, 2.75) is 39.3 Å². The van der Waals surface area contributed by atoms with Crippen LogP contribution in [-0.4, -0.2) is 28.1 Å². The first-order valence-electron chi connectivity index (χ1n) is 7.37. The Hall–Kier alpha value is -1.87. The van der Waals surface area contributed by atoms with E-state index in [1.165, 1.54) is 16.3 Å². The fourth-order valence-corrected chi connectivity index (χ4v) is 3.06. The molecule has 1 atom stereocenters. The number of rotatable bonds is 5. The maximum absolute atomic E-state index is 11.6. The Kier molecular flexibility index (Phi) is 4.33. The minimum atomic E-state index is -0.898. The summed E-state index contributed by atoms with van der Waals surface area (Å²) in [5, 5.41) is 11.9. The Morgan fingerprint density at radius 2 is 1.81 bits per heavy atom. The number of nitrogens with zero attached hydrogens (tertiary/aromatic N) is 1. The van der Waals surface area contributed by atoms with E-state index in [0.717, 1.165) is 0 Å². The van der Waals surface area contributed by atoms with Crippen molar-refractivity contribution < 1.29 is 9.90 Å². The molecule has 0 radical (unpaired) electrons. The first kappa shape index (κ1) is 15.5. The summed E-state index contributed by atoms with van der Waals surface area (Å²) in [5.41, 5.74) is 0.273. The third-order valence-electron chi connectivity index (χ3n) is 4.32. The molecule has 0 fully saturated rings. The van der Waals surface area contributed by atoms with Gasteiger partial charge in [0.25, 0.3) is 0 Å². The van der Waals surface area contributed by atoms with E-state index in [1.807, 2.05) is 30.0 Å². The molecule has 0 aliphatic carbocycles. The Morgan fingerprint density at radius 3 is 2.43 bits per heavy atom. The molecule has 1 unspecified atom stereocenters. The van der Waals surface area contributed by atoms with Crippen molar-refractivity contribution in [2.24, 2.45) is 0 Å². The second-order valence-electron chi connectivity index (χ2n) is 5.89. The summed E-state index contributed by atoms with van der Waals surface area (Å²) in [4.78, 5) is 13.6. The maximum atomic E-state index is 11.6. The summed E-state index contributed by atoms with van der Waals surface area (Å²) in [5.74, 6) is -0.795. The summed E-state index contributed by atoms with van der Waals surface area (Å²) in [7, 11) is 0. The highest BCUT2D eigenvalue weighted by atomic mass is 16.4. The van der Waals surface area contributed by atoms with Crippen LogP contribution >= 0.6 is 0 Å². The number of carboxylic acids is 1. The van der Waals surface area contributed by atoms with Gasteiger partial charge in [-0.2, -0.15) is 0 Å². The molecular weight excluding hydrogens is 262 g/mol. The number of likely N-dealkylation sites (N-methyl/N-ethyl adjacent to an activating group) is 1. The number of aliphatic carboxylic acids is 1. The minimum Gasteiger partial charge on any atom is -0.480 e. The van der Waals surface area contributed by atoms with Crippen LogP contribution in [0.2, 0.25) is 0 Å². The predicted molar refractivity (Wildman–Crippen MR) is 86.5 cm³/mol. The van der Waals surface area contributed by atoms with Crippen LogP contribution in [0.4, 0.5) is 0 Å². The largest absolute Gasteiger partial charge is 0.480 e. The number of hydrogen-bond acceptors (Lipinski definition) is 2. The third-order valence-corrected chi connectivity index (χ3v) is 4.32. The lowest BCUT2D eigenvalue weighted by molar-refractivity contribution is -0.150. The minimum absolute atomic E-state index is 0.0344. The third kappa shape index (κ3) is 2.79. The molecule has 0 amide bonds. The number of hydrogen-bond donors (Lipinski definition) is 1. The Morgan fingerprint density at radius 1 is 1.19 bits per heavy atom. The lowest BCUT2D eigenvalue weighted by Gasteiger charge is -2.39. The van der Waals surface area contributed by atoms with Crippen molar-refractivity contribution in [1.29, 1.82) is 0 Å². The highest BCUT2D eigenvalue weighted by Gasteiger charge is 2.37. The number of benzene rings is 2. The smallest absolute Gasteiger partial charge is 0.323 e. The van der Waals surface area contributed by atoms with Crippen molar-refractivity contribution in [1.82, 2.24) is 4.90 Å². The fourth-order valence-electron chi connectivity index (χ4n) is 3.06. The maximum Gasteiger partial charge on any atom is 0.323 e. The summed E-state index contributed by atoms with van der Waals surface area (Å²) in [6.45, 7) is 8.30. The van der Waals surface area contributed by atoms with Gasteiger partial charge in [-0.1, -0.05) is 49.4 Å². The van der Waals surface area contributed by atoms with Gasteiger partial charge in [0.15, 0.2) is 0 Å². The van der Waals surface area contributed by atoms with Crippen LogP contribution in [0.1, 0.15) is 39.3 Å². The molecule has 0 aromatic heterocycles. The number of carboxylic acid groups (broad SMARTS) is 1. The van der Waals surface area contributed by atoms with Crippen molar-refractivity contribution in [3.63, 3.8) is 0 Å². The second-order valence-corrected chi connectivity index (χ2v) is 5.89. The zero-order chi connectivity index (χ0) is 15.6. The van der Waals surface area contributed by atoms with Gasteiger partial charge in [0.05, 0.1) is 0 Å². The van der Waals surface area contributed by atoms with E-state index in [-0.39, 0.29) is 6.04 Å². The van der Waals surface area contributed by atoms with Gasteiger partial charge >= 0.3 is 5.97 Å². The molecule has 1 N–H and O–H groups in total. The van der Waals surface area contributed by atoms with E-state index in [9.17, 15) is 9.90 Å². The quantitative estimate of drug-likeness (QED) is 0.899. The summed E-state index contributed by atoms with van der Waals surface area (Å²) < 4.78 is 0. The zero-order valence-corrected chi connectivity index (χ0v) is 13.1. The Labute approximate surface area is 126 Å². The Bertz CT molecular complexity index is 643. The molecular formula is C18H23NO2. The summed E-state index contributed by atoms with van der Waals surface area (Å²) in [6, 6.07) is 14.5. The molecule has 2 aromatic rings. The molecule has 2 rings (SSSR count). The van der Waals surface area contributed by atoms with Crippen LogP contribution in [-0.2, 0) is 4.79 Å². The van der Waals surface area contributed by atoms with Gasteiger partial charge in [-0.05, 0) is 43.7 Å². The van der Waals surface area contributed by atoms with E-state index in [4.69, 9.17) is 0 Å². The number of fused-ring (bicyclic) bond motifs is 1. The van der Waals surface area contributed by atoms with Crippen LogP contribution in [0.5, 0.6) is 0 Å². The fraction of sp³-hybridized carbons (Fsp3) is 0.389. The van der Waals surface area contributed by atoms with Gasteiger partial charge in [-0.25, -0.2) is 0 Å². The first-order valence-corrected chi connectivity index (χ1v) is 7.37. The SMILES string of the molecule is CCN(C(C)c1cccc2ccccc12)C(C)(C)C(=O)O. The lowest BCUT2D eigenvalue weighted by atomic mass is 9.94. The van der Waals surface area contributed by atoms with E-state index < -0.39 is 11.5 Å². The molecule has 3 heteroatoms. The van der Waals surface area contributed by atoms with Gasteiger partial charge in [0.2, 0.25) is 0 Å². The summed E-state index contributed by atoms with van der Waals surface area (Å²) in [6.07, 6.45) is 0. The first-order chi connectivity index (χ1) is 9.89. The van der Waals surface area contributed by atoms with E-state index in [1.54, 1.807) is 13.8 Å². The van der Waals surface area contributed by atoms with Crippen molar-refractivity contribution in [3.8, 4) is 0 Å². The van der Waals surface area contributed by atoms with E-state index in [0.29, 0.717) is 6.54 Å². The molecule has 0 heterocycles. The molecule has 2 aromatic carbocycles. The zero-order valence-electron chi connectivity index (χ0n) is 13.1. The summed E-state index contributed by atoms with van der Waals surface area (Å²) >= 11 is 0. The number of carbonyl (C=O) groups is 1. The van der Waals surface area contributed by atoms with Gasteiger partial charge < -0.3 is 5.11 Å². The average molecular weight is 285 g/mol. The molecule has 0 spiro atoms. The standard InChI is InChI=1S/C18H23NO2/c1-5-19(18(3,4)17(20)21)13(2)15-12-8-10-14-9-6-7-11-16(14)15/h6-13H,5H2,1-4H3,(H,20,21). The normalized spacial score (nSPS) is 13.6. The van der Waals surface area contributed by atoms with Crippen molar-refractivity contribution in [2.75, 3.05) is 6.54 Å². The molecule has 112 valence electrons. The molecule has 0 saturated carbocycles. The molecule has 0 aliphatic heterocycles. The molecule has 0 aliphatic rings. The topological polar surface area (TPSA) is 40.5 Å². The van der Waals surface area contributed by atoms with Crippen LogP contribution in [0.3, 0.4) is 0 Å². The van der Waals surface area contributed by atoms with Gasteiger partial charge in [-0.3, -0.25) is 9.69 Å². The molecule has 0 bridgehead atoms. The molecule has 21 heavy (non-hydrogen) atoms. The monoisotopic (exact) mass is 285 g/mol. The van der Waals surface area contributed by atoms with Gasteiger partial charge in [0.1, 0.15) is 5.54 Å². The predicted octanol–water partition coefficient (Wildman–Crippen LogP) is 4.09. The molecule has 3 nitrogen and oxygen atoms in total. The van der Waals surface area contributed by atoms with Crippen LogP contribution in [0.15, 0.2) is 42.5 Å². The highest BCUT2D eigenvalue weighted by molar-refractivity contribution is 5.86. The average Bonchev–Trinajstić information content (AvgIpc) is 2.46. The van der Waals surface area contributed by atoms with Crippen molar-refractivity contribution >= 4 is 16.7 Å². The Balaban J connectivity index is 2.50. The molecule has 0 saturated heterocycles. The van der Waals surface area contributed by atoms with Crippen LogP contribution < -0.4 is 0 Å². The van der Waals surface area contributed by atoms with Crippen molar-refractivity contribution in [3.05, 3.63) is 48.0 Å². The second kappa shape index (κ2) is 5.86.